The van der Waals surface area contributed by atoms with Crippen molar-refractivity contribution in [2.45, 2.75) is 0 Å². The number of halogens is 3. The van der Waals surface area contributed by atoms with E-state index in [-0.39, 0.29) is 5.69 Å². The van der Waals surface area contributed by atoms with Crippen molar-refractivity contribution < 1.29 is 4.79 Å². The van der Waals surface area contributed by atoms with E-state index in [1.54, 1.807) is 24.3 Å². The van der Waals surface area contributed by atoms with Gasteiger partial charge in [0, 0.05) is 11.2 Å². The van der Waals surface area contributed by atoms with Gasteiger partial charge < -0.3 is 5.32 Å². The molecule has 0 aliphatic carbocycles. The normalized spacial score (nSPS) is 10.2. The van der Waals surface area contributed by atoms with Gasteiger partial charge in [-0.3, -0.25) is 9.78 Å². The summed E-state index contributed by atoms with van der Waals surface area (Å²) in [6.45, 7) is 0. The second kappa shape index (κ2) is 5.57. The molecule has 0 radical (unpaired) electrons. The third-order valence-electron chi connectivity index (χ3n) is 2.16. The lowest BCUT2D eigenvalue weighted by Gasteiger charge is -2.08. The Hall–Kier alpha value is -1.29. The van der Waals surface area contributed by atoms with Gasteiger partial charge in [-0.25, -0.2) is 0 Å². The van der Waals surface area contributed by atoms with Crippen LogP contribution in [0.4, 0.5) is 5.69 Å². The molecule has 0 bridgehead atoms. The Morgan fingerprint density at radius 1 is 1.11 bits per heavy atom. The summed E-state index contributed by atoms with van der Waals surface area (Å²) < 4.78 is 0. The monoisotopic (exact) mass is 300 g/mol. The zero-order chi connectivity index (χ0) is 13.1. The van der Waals surface area contributed by atoms with Gasteiger partial charge in [-0.05, 0) is 24.3 Å². The van der Waals surface area contributed by atoms with Crippen LogP contribution < -0.4 is 5.32 Å². The highest BCUT2D eigenvalue weighted by molar-refractivity contribution is 6.40. The van der Waals surface area contributed by atoms with Crippen LogP contribution in [0.3, 0.4) is 0 Å². The van der Waals surface area contributed by atoms with Crippen molar-refractivity contribution >= 4 is 46.4 Å². The standard InChI is InChI=1S/C12H7Cl3N2O/c13-7-4-5-16-10(6-7)12(18)17-11-8(14)2-1-3-9(11)15/h1-6H,(H,17,18). The molecule has 1 heterocycles. The van der Waals surface area contributed by atoms with Crippen molar-refractivity contribution in [1.29, 1.82) is 0 Å². The molecule has 0 aliphatic heterocycles. The number of rotatable bonds is 2. The molecule has 18 heavy (non-hydrogen) atoms. The summed E-state index contributed by atoms with van der Waals surface area (Å²) in [4.78, 5) is 15.8. The van der Waals surface area contributed by atoms with Crippen LogP contribution in [0.2, 0.25) is 15.1 Å². The van der Waals surface area contributed by atoms with Crippen LogP contribution in [0.25, 0.3) is 0 Å². The van der Waals surface area contributed by atoms with Gasteiger partial charge in [0.05, 0.1) is 15.7 Å². The zero-order valence-electron chi connectivity index (χ0n) is 8.95. The van der Waals surface area contributed by atoms with Gasteiger partial charge in [0.25, 0.3) is 5.91 Å². The molecule has 1 aromatic carbocycles. The maximum atomic E-state index is 11.9. The summed E-state index contributed by atoms with van der Waals surface area (Å²) in [6, 6.07) is 8.00. The number of hydrogen-bond donors (Lipinski definition) is 1. The first-order chi connectivity index (χ1) is 8.58. The molecule has 6 heteroatoms. The fraction of sp³-hybridized carbons (Fsp3) is 0. The van der Waals surface area contributed by atoms with Gasteiger partial charge in [-0.15, -0.1) is 0 Å². The molecular weight excluding hydrogens is 295 g/mol. The maximum absolute atomic E-state index is 11.9. The number of nitrogens with zero attached hydrogens (tertiary/aromatic N) is 1. The minimum Gasteiger partial charge on any atom is -0.318 e. The number of hydrogen-bond acceptors (Lipinski definition) is 2. The van der Waals surface area contributed by atoms with E-state index in [2.05, 4.69) is 10.3 Å². The molecule has 0 aliphatic rings. The molecule has 0 spiro atoms. The van der Waals surface area contributed by atoms with Gasteiger partial charge in [-0.2, -0.15) is 0 Å². The molecule has 0 saturated heterocycles. The average Bonchev–Trinajstić information content (AvgIpc) is 2.34. The van der Waals surface area contributed by atoms with Crippen molar-refractivity contribution in [3.63, 3.8) is 0 Å². The number of benzene rings is 1. The summed E-state index contributed by atoms with van der Waals surface area (Å²) in [7, 11) is 0. The first kappa shape index (κ1) is 13.1. The van der Waals surface area contributed by atoms with E-state index in [9.17, 15) is 4.79 Å². The number of pyridine rings is 1. The van der Waals surface area contributed by atoms with Crippen LogP contribution in [-0.4, -0.2) is 10.9 Å². The minimum absolute atomic E-state index is 0.193. The SMILES string of the molecule is O=C(Nc1c(Cl)cccc1Cl)c1cc(Cl)ccn1. The largest absolute Gasteiger partial charge is 0.318 e. The Morgan fingerprint density at radius 3 is 2.39 bits per heavy atom. The number of aromatic nitrogens is 1. The molecule has 1 N–H and O–H groups in total. The second-order valence-corrected chi connectivity index (χ2v) is 4.66. The van der Waals surface area contributed by atoms with Crippen molar-refractivity contribution in [3.8, 4) is 0 Å². The molecule has 0 saturated carbocycles. The fourth-order valence-corrected chi connectivity index (χ4v) is 1.98. The first-order valence-electron chi connectivity index (χ1n) is 4.95. The highest BCUT2D eigenvalue weighted by Crippen LogP contribution is 2.30. The molecule has 2 aromatic rings. The number of para-hydroxylation sites is 1. The molecule has 0 atom stereocenters. The molecule has 0 fully saturated rings. The number of amides is 1. The molecule has 3 nitrogen and oxygen atoms in total. The van der Waals surface area contributed by atoms with Gasteiger partial charge in [0.2, 0.25) is 0 Å². The van der Waals surface area contributed by atoms with Crippen molar-refractivity contribution in [1.82, 2.24) is 4.98 Å². The topological polar surface area (TPSA) is 42.0 Å². The second-order valence-electron chi connectivity index (χ2n) is 3.41. The number of carbonyl (C=O) groups is 1. The molecular formula is C12H7Cl3N2O. The van der Waals surface area contributed by atoms with E-state index in [0.29, 0.717) is 20.8 Å². The third kappa shape index (κ3) is 2.93. The Balaban J connectivity index is 2.27. The fourth-order valence-electron chi connectivity index (χ4n) is 1.32. The molecule has 2 rings (SSSR count). The summed E-state index contributed by atoms with van der Waals surface area (Å²) in [5.74, 6) is -0.424. The number of carbonyl (C=O) groups excluding carboxylic acids is 1. The molecule has 0 unspecified atom stereocenters. The maximum Gasteiger partial charge on any atom is 0.274 e. The molecule has 92 valence electrons. The highest BCUT2D eigenvalue weighted by atomic mass is 35.5. The van der Waals surface area contributed by atoms with Crippen LogP contribution in [0.5, 0.6) is 0 Å². The number of nitrogens with one attached hydrogen (secondary N) is 1. The summed E-state index contributed by atoms with van der Waals surface area (Å²) in [5.41, 5.74) is 0.547. The van der Waals surface area contributed by atoms with Crippen LogP contribution in [0.1, 0.15) is 10.5 Å². The summed E-state index contributed by atoms with van der Waals surface area (Å²) in [6.07, 6.45) is 1.45. The Morgan fingerprint density at radius 2 is 1.78 bits per heavy atom. The van der Waals surface area contributed by atoms with E-state index >= 15 is 0 Å². The van der Waals surface area contributed by atoms with E-state index in [0.717, 1.165) is 0 Å². The van der Waals surface area contributed by atoms with Gasteiger partial charge >= 0.3 is 0 Å². The lowest BCUT2D eigenvalue weighted by atomic mass is 10.3. The van der Waals surface area contributed by atoms with Gasteiger partial charge in [0.1, 0.15) is 5.69 Å². The predicted molar refractivity (Wildman–Crippen MR) is 73.7 cm³/mol. The summed E-state index contributed by atoms with van der Waals surface area (Å²) >= 11 is 17.7. The van der Waals surface area contributed by atoms with Crippen molar-refractivity contribution in [2.24, 2.45) is 0 Å². The van der Waals surface area contributed by atoms with E-state index in [1.807, 2.05) is 0 Å². The van der Waals surface area contributed by atoms with Crippen LogP contribution in [-0.2, 0) is 0 Å². The van der Waals surface area contributed by atoms with Crippen LogP contribution >= 0.6 is 34.8 Å². The van der Waals surface area contributed by atoms with Crippen molar-refractivity contribution in [2.75, 3.05) is 5.32 Å². The van der Waals surface area contributed by atoms with E-state index < -0.39 is 5.91 Å². The predicted octanol–water partition coefficient (Wildman–Crippen LogP) is 4.29. The Kier molecular flexibility index (Phi) is 4.07. The quantitative estimate of drug-likeness (QED) is 0.899. The Bertz CT molecular complexity index is 581. The third-order valence-corrected chi connectivity index (χ3v) is 3.02. The van der Waals surface area contributed by atoms with Crippen LogP contribution in [0, 0.1) is 0 Å². The molecule has 1 amide bonds. The van der Waals surface area contributed by atoms with Gasteiger partial charge in [0.15, 0.2) is 0 Å². The minimum atomic E-state index is -0.424. The first-order valence-corrected chi connectivity index (χ1v) is 6.08. The van der Waals surface area contributed by atoms with E-state index in [4.69, 9.17) is 34.8 Å². The Labute approximate surface area is 119 Å². The van der Waals surface area contributed by atoms with E-state index in [1.165, 1.54) is 12.3 Å². The number of anilines is 1. The lowest BCUT2D eigenvalue weighted by molar-refractivity contribution is 0.102. The lowest BCUT2D eigenvalue weighted by Crippen LogP contribution is -2.14. The van der Waals surface area contributed by atoms with Gasteiger partial charge in [-0.1, -0.05) is 40.9 Å². The molecule has 1 aromatic heterocycles. The smallest absolute Gasteiger partial charge is 0.274 e. The highest BCUT2D eigenvalue weighted by Gasteiger charge is 2.12. The average molecular weight is 302 g/mol. The van der Waals surface area contributed by atoms with Crippen LogP contribution in [0.15, 0.2) is 36.5 Å². The zero-order valence-corrected chi connectivity index (χ0v) is 11.2. The summed E-state index contributed by atoms with van der Waals surface area (Å²) in [5, 5.41) is 3.75. The van der Waals surface area contributed by atoms with Crippen molar-refractivity contribution in [3.05, 3.63) is 57.3 Å².